The predicted octanol–water partition coefficient (Wildman–Crippen LogP) is 7.61. The summed E-state index contributed by atoms with van der Waals surface area (Å²) >= 11 is 12.4. The van der Waals surface area contributed by atoms with E-state index in [4.69, 9.17) is 37.7 Å². The highest BCUT2D eigenvalue weighted by atomic mass is 35.5. The number of halogens is 2. The summed E-state index contributed by atoms with van der Waals surface area (Å²) in [6.45, 7) is 4.69. The molecule has 9 heteroatoms. The Morgan fingerprint density at radius 3 is 2.59 bits per heavy atom. The number of nitrogens with one attached hydrogen (secondary N) is 1. The highest BCUT2D eigenvalue weighted by Gasteiger charge is 2.54. The third kappa shape index (κ3) is 5.28. The van der Waals surface area contributed by atoms with Crippen molar-refractivity contribution in [1.82, 2.24) is 19.5 Å². The number of aromatic nitrogens is 4. The maximum Gasteiger partial charge on any atom is 0.163 e. The summed E-state index contributed by atoms with van der Waals surface area (Å²) in [5, 5.41) is 6.62. The van der Waals surface area contributed by atoms with Crippen LogP contribution in [0.15, 0.2) is 73.2 Å². The molecule has 0 unspecified atom stereocenters. The summed E-state index contributed by atoms with van der Waals surface area (Å²) in [4.78, 5) is 13.6. The molecule has 0 radical (unpaired) electrons. The van der Waals surface area contributed by atoms with Gasteiger partial charge in [-0.2, -0.15) is 0 Å². The lowest BCUT2D eigenvalue weighted by Gasteiger charge is -2.24. The quantitative estimate of drug-likeness (QED) is 0.197. The minimum absolute atomic E-state index is 0.0204. The van der Waals surface area contributed by atoms with Gasteiger partial charge in [0.1, 0.15) is 29.0 Å². The van der Waals surface area contributed by atoms with Gasteiger partial charge >= 0.3 is 0 Å². The van der Waals surface area contributed by atoms with Crippen molar-refractivity contribution in [2.45, 2.75) is 63.7 Å². The average molecular weight is 589 g/mol. The second-order valence-electron chi connectivity index (χ2n) is 11.5. The standard InChI is InChI=1S/C32H31Cl2N5O2/c1-32(2)40-28-22(16-26(29(28)41-32)39-14-13-24-30(34)36-18-37-31(24)39)8-4-19-3-7-21-9-12-27(38-25(21)15-19)35-17-20-5-10-23(33)11-6-20/h3,5-7,9-15,18,22,26,28-29H,4,8,16-17H2,1-2H3,(H,35,38)/t22-,26+,28+,29-/m0/s1. The molecular formula is C32H31Cl2N5O2. The zero-order chi connectivity index (χ0) is 28.1. The molecule has 1 N–H and O–H groups in total. The molecule has 0 spiro atoms. The van der Waals surface area contributed by atoms with Gasteiger partial charge in [-0.05, 0) is 86.6 Å². The van der Waals surface area contributed by atoms with Gasteiger partial charge in [-0.3, -0.25) is 0 Å². The molecule has 4 atom stereocenters. The molecule has 0 bridgehead atoms. The molecule has 2 aromatic carbocycles. The fourth-order valence-corrected chi connectivity index (χ4v) is 6.70. The Morgan fingerprint density at radius 1 is 0.951 bits per heavy atom. The normalized spacial score (nSPS) is 23.3. The van der Waals surface area contributed by atoms with Crippen molar-refractivity contribution in [3.8, 4) is 0 Å². The molecule has 3 aromatic heterocycles. The smallest absolute Gasteiger partial charge is 0.163 e. The van der Waals surface area contributed by atoms with Crippen molar-refractivity contribution in [3.05, 3.63) is 94.5 Å². The highest BCUT2D eigenvalue weighted by molar-refractivity contribution is 6.33. The molecular weight excluding hydrogens is 557 g/mol. The summed E-state index contributed by atoms with van der Waals surface area (Å²) in [6.07, 6.45) is 6.42. The van der Waals surface area contributed by atoms with Crippen molar-refractivity contribution >= 4 is 51.0 Å². The van der Waals surface area contributed by atoms with Crippen LogP contribution in [0.25, 0.3) is 21.9 Å². The van der Waals surface area contributed by atoms with E-state index in [1.165, 1.54) is 11.9 Å². The first kappa shape index (κ1) is 26.7. The molecule has 7 nitrogen and oxygen atoms in total. The largest absolute Gasteiger partial charge is 0.366 e. The van der Waals surface area contributed by atoms with Crippen LogP contribution in [0.4, 0.5) is 5.82 Å². The number of pyridine rings is 1. The molecule has 1 saturated heterocycles. The summed E-state index contributed by atoms with van der Waals surface area (Å²) in [5.74, 6) is 0.578. The predicted molar refractivity (Wildman–Crippen MR) is 162 cm³/mol. The zero-order valence-corrected chi connectivity index (χ0v) is 24.4. The van der Waals surface area contributed by atoms with E-state index in [-0.39, 0.29) is 18.2 Å². The van der Waals surface area contributed by atoms with Crippen LogP contribution in [-0.2, 0) is 22.4 Å². The Balaban J connectivity index is 1.08. The SMILES string of the molecule is CC1(C)O[C@@H]2[C@@H](CCc3ccc4ccc(NCc5ccc(Cl)cc5)nc4c3)C[C@@H](n3ccc4c(Cl)ncnc43)[C@@H]2O1. The first-order chi connectivity index (χ1) is 19.8. The van der Waals surface area contributed by atoms with E-state index in [0.29, 0.717) is 17.6 Å². The van der Waals surface area contributed by atoms with Gasteiger partial charge in [0.15, 0.2) is 5.79 Å². The lowest BCUT2D eigenvalue weighted by Crippen LogP contribution is -2.27. The van der Waals surface area contributed by atoms with Gasteiger partial charge in [-0.15, -0.1) is 0 Å². The Hall–Kier alpha value is -3.23. The van der Waals surface area contributed by atoms with E-state index < -0.39 is 5.79 Å². The van der Waals surface area contributed by atoms with E-state index in [0.717, 1.165) is 57.6 Å². The summed E-state index contributed by atoms with van der Waals surface area (Å²) in [7, 11) is 0. The van der Waals surface area contributed by atoms with Crippen LogP contribution in [0.5, 0.6) is 0 Å². The van der Waals surface area contributed by atoms with Gasteiger partial charge in [-0.25, -0.2) is 15.0 Å². The molecule has 2 aliphatic rings. The lowest BCUT2D eigenvalue weighted by atomic mass is 9.95. The topological polar surface area (TPSA) is 74.1 Å². The van der Waals surface area contributed by atoms with Crippen molar-refractivity contribution in [3.63, 3.8) is 0 Å². The molecule has 41 heavy (non-hydrogen) atoms. The van der Waals surface area contributed by atoms with Gasteiger partial charge in [0.2, 0.25) is 0 Å². The van der Waals surface area contributed by atoms with Crippen molar-refractivity contribution < 1.29 is 9.47 Å². The van der Waals surface area contributed by atoms with Gasteiger partial charge in [-0.1, -0.05) is 47.5 Å². The molecule has 210 valence electrons. The van der Waals surface area contributed by atoms with Gasteiger partial charge < -0.3 is 19.4 Å². The van der Waals surface area contributed by atoms with E-state index in [1.807, 2.05) is 50.2 Å². The molecule has 1 aliphatic heterocycles. The first-order valence-corrected chi connectivity index (χ1v) is 14.8. The Labute approximate surface area is 248 Å². The fourth-order valence-electron chi connectivity index (χ4n) is 6.38. The number of benzene rings is 2. The van der Waals surface area contributed by atoms with Crippen LogP contribution in [0, 0.1) is 5.92 Å². The number of anilines is 1. The third-order valence-electron chi connectivity index (χ3n) is 8.32. The Kier molecular flexibility index (Phi) is 6.86. The number of hydrogen-bond acceptors (Lipinski definition) is 6. The monoisotopic (exact) mass is 587 g/mol. The Bertz CT molecular complexity index is 1720. The summed E-state index contributed by atoms with van der Waals surface area (Å²) in [6, 6.07) is 20.7. The van der Waals surface area contributed by atoms with Crippen molar-refractivity contribution in [2.75, 3.05) is 5.32 Å². The second-order valence-corrected chi connectivity index (χ2v) is 12.3. The van der Waals surface area contributed by atoms with Gasteiger partial charge in [0, 0.05) is 23.2 Å². The summed E-state index contributed by atoms with van der Waals surface area (Å²) < 4.78 is 15.1. The van der Waals surface area contributed by atoms with E-state index in [9.17, 15) is 0 Å². The van der Waals surface area contributed by atoms with Gasteiger partial charge in [0.05, 0.1) is 23.0 Å². The third-order valence-corrected chi connectivity index (χ3v) is 8.87. The van der Waals surface area contributed by atoms with E-state index in [1.54, 1.807) is 0 Å². The average Bonchev–Trinajstić information content (AvgIpc) is 3.62. The molecule has 5 aromatic rings. The van der Waals surface area contributed by atoms with Crippen LogP contribution in [0.3, 0.4) is 0 Å². The molecule has 2 fully saturated rings. The molecule has 0 amide bonds. The van der Waals surface area contributed by atoms with E-state index in [2.05, 4.69) is 50.3 Å². The van der Waals surface area contributed by atoms with Crippen molar-refractivity contribution in [1.29, 1.82) is 0 Å². The van der Waals surface area contributed by atoms with Crippen LogP contribution in [-0.4, -0.2) is 37.5 Å². The van der Waals surface area contributed by atoms with E-state index >= 15 is 0 Å². The highest BCUT2D eigenvalue weighted by Crippen LogP contribution is 2.49. The number of fused-ring (bicyclic) bond motifs is 3. The number of hydrogen-bond donors (Lipinski definition) is 1. The first-order valence-electron chi connectivity index (χ1n) is 14.0. The van der Waals surface area contributed by atoms with Crippen LogP contribution >= 0.6 is 23.2 Å². The molecule has 1 saturated carbocycles. The number of ether oxygens (including phenoxy) is 2. The summed E-state index contributed by atoms with van der Waals surface area (Å²) in [5.41, 5.74) is 4.25. The number of aryl methyl sites for hydroxylation is 1. The number of nitrogens with zero attached hydrogens (tertiary/aromatic N) is 4. The zero-order valence-electron chi connectivity index (χ0n) is 22.9. The molecule has 4 heterocycles. The minimum Gasteiger partial charge on any atom is -0.366 e. The second kappa shape index (κ2) is 10.6. The molecule has 1 aliphatic carbocycles. The Morgan fingerprint density at radius 2 is 1.73 bits per heavy atom. The maximum absolute atomic E-state index is 6.47. The van der Waals surface area contributed by atoms with Crippen LogP contribution < -0.4 is 5.32 Å². The maximum atomic E-state index is 6.47. The lowest BCUT2D eigenvalue weighted by molar-refractivity contribution is -0.160. The van der Waals surface area contributed by atoms with Crippen LogP contribution in [0.2, 0.25) is 10.2 Å². The fraction of sp³-hybridized carbons (Fsp3) is 0.344. The van der Waals surface area contributed by atoms with Gasteiger partial charge in [0.25, 0.3) is 0 Å². The van der Waals surface area contributed by atoms with Crippen LogP contribution in [0.1, 0.15) is 43.9 Å². The number of rotatable bonds is 7. The minimum atomic E-state index is -0.621. The molecule has 7 rings (SSSR count). The van der Waals surface area contributed by atoms with Crippen molar-refractivity contribution in [2.24, 2.45) is 5.92 Å².